The molecule has 1 aromatic heterocycles. The SMILES string of the molecule is Cc1c(Cl)cccc1NC(=O)[C@H](C)Sc1nncs1. The maximum Gasteiger partial charge on any atom is 0.237 e. The third-order valence-electron chi connectivity index (χ3n) is 2.51. The van der Waals surface area contributed by atoms with Crippen molar-refractivity contribution in [2.75, 3.05) is 5.32 Å². The zero-order valence-corrected chi connectivity index (χ0v) is 12.8. The molecule has 2 aromatic rings. The molecule has 19 heavy (non-hydrogen) atoms. The normalized spacial score (nSPS) is 12.2. The lowest BCUT2D eigenvalue weighted by atomic mass is 10.2. The van der Waals surface area contributed by atoms with Crippen LogP contribution in [0.4, 0.5) is 5.69 Å². The number of thioether (sulfide) groups is 1. The van der Waals surface area contributed by atoms with Crippen LogP contribution in [0.1, 0.15) is 12.5 Å². The molecule has 1 aromatic carbocycles. The Morgan fingerprint density at radius 2 is 2.32 bits per heavy atom. The van der Waals surface area contributed by atoms with Gasteiger partial charge in [-0.3, -0.25) is 4.79 Å². The second-order valence-corrected chi connectivity index (χ2v) is 6.69. The van der Waals surface area contributed by atoms with Gasteiger partial charge in [-0.1, -0.05) is 40.8 Å². The van der Waals surface area contributed by atoms with E-state index in [0.29, 0.717) is 5.02 Å². The highest BCUT2D eigenvalue weighted by atomic mass is 35.5. The maximum absolute atomic E-state index is 12.1. The van der Waals surface area contributed by atoms with Gasteiger partial charge in [-0.25, -0.2) is 0 Å². The lowest BCUT2D eigenvalue weighted by Crippen LogP contribution is -2.22. The first kappa shape index (κ1) is 14.3. The standard InChI is InChI=1S/C12H12ClN3OS2/c1-7-9(13)4-3-5-10(7)15-11(17)8(2)19-12-16-14-6-18-12/h3-6,8H,1-2H3,(H,15,17)/t8-/m0/s1. The summed E-state index contributed by atoms with van der Waals surface area (Å²) in [5.74, 6) is -0.0782. The minimum absolute atomic E-state index is 0.0782. The molecule has 1 N–H and O–H groups in total. The summed E-state index contributed by atoms with van der Waals surface area (Å²) < 4.78 is 0.783. The first-order valence-electron chi connectivity index (χ1n) is 5.56. The van der Waals surface area contributed by atoms with E-state index in [4.69, 9.17) is 11.6 Å². The molecular formula is C12H12ClN3OS2. The van der Waals surface area contributed by atoms with Gasteiger partial charge in [0, 0.05) is 10.7 Å². The number of hydrogen-bond acceptors (Lipinski definition) is 5. The molecule has 1 heterocycles. The highest BCUT2D eigenvalue weighted by Gasteiger charge is 2.17. The fourth-order valence-corrected chi connectivity index (χ4v) is 3.20. The van der Waals surface area contributed by atoms with E-state index in [2.05, 4.69) is 15.5 Å². The van der Waals surface area contributed by atoms with Crippen molar-refractivity contribution in [2.24, 2.45) is 0 Å². The number of amides is 1. The van der Waals surface area contributed by atoms with Crippen LogP contribution < -0.4 is 5.32 Å². The van der Waals surface area contributed by atoms with E-state index in [9.17, 15) is 4.79 Å². The summed E-state index contributed by atoms with van der Waals surface area (Å²) in [5.41, 5.74) is 3.25. The number of carbonyl (C=O) groups excluding carboxylic acids is 1. The molecule has 0 saturated heterocycles. The smallest absolute Gasteiger partial charge is 0.237 e. The maximum atomic E-state index is 12.1. The van der Waals surface area contributed by atoms with Crippen molar-refractivity contribution in [3.05, 3.63) is 34.3 Å². The van der Waals surface area contributed by atoms with Gasteiger partial charge in [0.15, 0.2) is 4.34 Å². The fraction of sp³-hybridized carbons (Fsp3) is 0.250. The molecule has 0 fully saturated rings. The van der Waals surface area contributed by atoms with Gasteiger partial charge < -0.3 is 5.32 Å². The second-order valence-electron chi connectivity index (χ2n) is 3.87. The zero-order chi connectivity index (χ0) is 13.8. The number of hydrogen-bond donors (Lipinski definition) is 1. The Morgan fingerprint density at radius 3 is 3.00 bits per heavy atom. The van der Waals surface area contributed by atoms with Crippen LogP contribution in [-0.4, -0.2) is 21.4 Å². The molecule has 0 aliphatic carbocycles. The molecule has 1 amide bonds. The number of aromatic nitrogens is 2. The number of anilines is 1. The highest BCUT2D eigenvalue weighted by Crippen LogP contribution is 2.27. The van der Waals surface area contributed by atoms with E-state index in [-0.39, 0.29) is 11.2 Å². The van der Waals surface area contributed by atoms with Crippen molar-refractivity contribution in [1.82, 2.24) is 10.2 Å². The van der Waals surface area contributed by atoms with E-state index >= 15 is 0 Å². The Balaban J connectivity index is 2.02. The molecule has 0 aliphatic heterocycles. The topological polar surface area (TPSA) is 54.9 Å². The van der Waals surface area contributed by atoms with Crippen LogP contribution in [0, 0.1) is 6.92 Å². The molecule has 1 atom stereocenters. The average Bonchev–Trinajstić information content (AvgIpc) is 2.87. The van der Waals surface area contributed by atoms with Crippen LogP contribution in [0.15, 0.2) is 28.0 Å². The fourth-order valence-electron chi connectivity index (χ4n) is 1.40. The second kappa shape index (κ2) is 6.36. The summed E-state index contributed by atoms with van der Waals surface area (Å²) >= 11 is 8.83. The van der Waals surface area contributed by atoms with Gasteiger partial charge in [0.05, 0.1) is 5.25 Å². The highest BCUT2D eigenvalue weighted by molar-refractivity contribution is 8.02. The first-order chi connectivity index (χ1) is 9.08. The monoisotopic (exact) mass is 313 g/mol. The Kier molecular flexibility index (Phi) is 4.79. The van der Waals surface area contributed by atoms with Crippen LogP contribution in [0.2, 0.25) is 5.02 Å². The van der Waals surface area contributed by atoms with E-state index in [0.717, 1.165) is 15.6 Å². The number of nitrogens with zero attached hydrogens (tertiary/aromatic N) is 2. The summed E-state index contributed by atoms with van der Waals surface area (Å²) in [7, 11) is 0. The van der Waals surface area contributed by atoms with Crippen molar-refractivity contribution in [3.63, 3.8) is 0 Å². The number of rotatable bonds is 4. The average molecular weight is 314 g/mol. The van der Waals surface area contributed by atoms with E-state index in [1.165, 1.54) is 23.1 Å². The minimum atomic E-state index is -0.244. The van der Waals surface area contributed by atoms with Gasteiger partial charge in [-0.2, -0.15) is 0 Å². The Labute approximate surface area is 124 Å². The largest absolute Gasteiger partial charge is 0.325 e. The lowest BCUT2D eigenvalue weighted by Gasteiger charge is -2.12. The zero-order valence-electron chi connectivity index (χ0n) is 10.4. The van der Waals surface area contributed by atoms with Gasteiger partial charge in [0.2, 0.25) is 5.91 Å². The van der Waals surface area contributed by atoms with Crippen molar-refractivity contribution in [2.45, 2.75) is 23.4 Å². The predicted octanol–water partition coefficient (Wildman–Crippen LogP) is 3.62. The van der Waals surface area contributed by atoms with Crippen molar-refractivity contribution in [1.29, 1.82) is 0 Å². The molecule has 7 heteroatoms. The molecule has 4 nitrogen and oxygen atoms in total. The van der Waals surface area contributed by atoms with Crippen LogP contribution in [0.3, 0.4) is 0 Å². The van der Waals surface area contributed by atoms with Crippen molar-refractivity contribution in [3.8, 4) is 0 Å². The number of carbonyl (C=O) groups is 1. The quantitative estimate of drug-likeness (QED) is 0.876. The summed E-state index contributed by atoms with van der Waals surface area (Å²) in [6.45, 7) is 3.71. The van der Waals surface area contributed by atoms with Crippen LogP contribution in [-0.2, 0) is 4.79 Å². The number of benzene rings is 1. The lowest BCUT2D eigenvalue weighted by molar-refractivity contribution is -0.115. The van der Waals surface area contributed by atoms with Gasteiger partial charge in [0.1, 0.15) is 5.51 Å². The van der Waals surface area contributed by atoms with Crippen LogP contribution in [0.25, 0.3) is 0 Å². The molecule has 100 valence electrons. The summed E-state index contributed by atoms with van der Waals surface area (Å²) in [6, 6.07) is 5.45. The van der Waals surface area contributed by atoms with Crippen LogP contribution in [0.5, 0.6) is 0 Å². The van der Waals surface area contributed by atoms with Gasteiger partial charge in [-0.15, -0.1) is 10.2 Å². The molecule has 0 saturated carbocycles. The number of nitrogens with one attached hydrogen (secondary N) is 1. The van der Waals surface area contributed by atoms with Gasteiger partial charge in [0.25, 0.3) is 0 Å². The third-order valence-corrected chi connectivity index (χ3v) is 4.83. The van der Waals surface area contributed by atoms with E-state index in [1.807, 2.05) is 26.0 Å². The Hall–Kier alpha value is -1.11. The van der Waals surface area contributed by atoms with E-state index < -0.39 is 0 Å². The predicted molar refractivity (Wildman–Crippen MR) is 80.0 cm³/mol. The van der Waals surface area contributed by atoms with Crippen molar-refractivity contribution >= 4 is 46.3 Å². The Morgan fingerprint density at radius 1 is 1.53 bits per heavy atom. The molecule has 0 spiro atoms. The number of halogens is 1. The van der Waals surface area contributed by atoms with Crippen LogP contribution >= 0.6 is 34.7 Å². The molecule has 2 rings (SSSR count). The van der Waals surface area contributed by atoms with E-state index in [1.54, 1.807) is 11.6 Å². The Bertz CT molecular complexity index is 574. The summed E-state index contributed by atoms with van der Waals surface area (Å²) in [5, 5.41) is 10.9. The van der Waals surface area contributed by atoms with Gasteiger partial charge in [-0.05, 0) is 31.5 Å². The first-order valence-corrected chi connectivity index (χ1v) is 7.70. The molecule has 0 bridgehead atoms. The van der Waals surface area contributed by atoms with Crippen molar-refractivity contribution < 1.29 is 4.79 Å². The molecule has 0 aliphatic rings. The molecule has 0 unspecified atom stereocenters. The summed E-state index contributed by atoms with van der Waals surface area (Å²) in [4.78, 5) is 12.1. The summed E-state index contributed by atoms with van der Waals surface area (Å²) in [6.07, 6.45) is 0. The third kappa shape index (κ3) is 3.68. The molecule has 0 radical (unpaired) electrons. The van der Waals surface area contributed by atoms with Gasteiger partial charge >= 0.3 is 0 Å². The molecular weight excluding hydrogens is 302 g/mol. The minimum Gasteiger partial charge on any atom is -0.325 e.